The Bertz CT molecular complexity index is 1790. The van der Waals surface area contributed by atoms with Crippen molar-refractivity contribution in [3.63, 3.8) is 0 Å². The molecule has 3 heterocycles. The lowest BCUT2D eigenvalue weighted by Gasteiger charge is -2.21. The quantitative estimate of drug-likeness (QED) is 0.151. The van der Waals surface area contributed by atoms with Crippen LogP contribution in [0.15, 0.2) is 66.9 Å². The highest BCUT2D eigenvalue weighted by Crippen LogP contribution is 2.35. The average molecular weight is 673 g/mol. The summed E-state index contributed by atoms with van der Waals surface area (Å²) in [6.45, 7) is 4.58. The number of carbonyl (C=O) groups is 3. The molecule has 6 rings (SSSR count). The van der Waals surface area contributed by atoms with E-state index in [1.165, 1.54) is 13.1 Å². The van der Waals surface area contributed by atoms with Gasteiger partial charge in [0.05, 0.1) is 48.6 Å². The molecule has 2 amide bonds. The molecule has 48 heavy (non-hydrogen) atoms. The number of fused-ring (bicyclic) bond motifs is 2. The van der Waals surface area contributed by atoms with Crippen molar-refractivity contribution >= 4 is 69.9 Å². The standard InChI is InChI=1S/C23H23ClN6O3.C11H14N2O2/c1-14(31)30-10-5-11-33-20-9-8-15(12-19(20)30)27-23-26-13-17(24)21(29-23)28-18-7-4-3-6-16(18)22(32)25-2;12-9-2-3-11-10(8-9)13(5-6-14)4-1-7-15-11/h3-4,6-9,12-13H,5,10-11H2,1-2H3,(H,25,32)(H2,26,27,28,29);2-3,6,8H,1,4-5,7,12H2. The smallest absolute Gasteiger partial charge is 0.253 e. The molecule has 250 valence electrons. The summed E-state index contributed by atoms with van der Waals surface area (Å²) in [6.07, 6.45) is 4.04. The lowest BCUT2D eigenvalue weighted by molar-refractivity contribution is -0.116. The van der Waals surface area contributed by atoms with Crippen molar-refractivity contribution in [1.82, 2.24) is 15.3 Å². The first-order valence-electron chi connectivity index (χ1n) is 15.4. The number of para-hydroxylation sites is 1. The van der Waals surface area contributed by atoms with Gasteiger partial charge in [-0.05, 0) is 61.4 Å². The molecule has 14 heteroatoms. The Morgan fingerprint density at radius 1 is 0.979 bits per heavy atom. The van der Waals surface area contributed by atoms with Crippen LogP contribution in [0, 0.1) is 0 Å². The molecule has 2 aliphatic rings. The molecule has 0 fully saturated rings. The third-order valence-corrected chi connectivity index (χ3v) is 7.79. The summed E-state index contributed by atoms with van der Waals surface area (Å²) in [4.78, 5) is 47.2. The van der Waals surface area contributed by atoms with E-state index >= 15 is 0 Å². The third kappa shape index (κ3) is 8.23. The molecule has 0 spiro atoms. The fourth-order valence-electron chi connectivity index (χ4n) is 5.22. The Labute approximate surface area is 283 Å². The predicted molar refractivity (Wildman–Crippen MR) is 187 cm³/mol. The average Bonchev–Trinajstić information content (AvgIpc) is 3.42. The molecule has 0 radical (unpaired) electrons. The minimum Gasteiger partial charge on any atom is -0.491 e. The van der Waals surface area contributed by atoms with Gasteiger partial charge in [-0.25, -0.2) is 4.98 Å². The van der Waals surface area contributed by atoms with Crippen LogP contribution in [0.1, 0.15) is 30.1 Å². The summed E-state index contributed by atoms with van der Waals surface area (Å²) in [5.41, 5.74) is 9.72. The number of nitrogens with two attached hydrogens (primary N) is 1. The molecule has 0 atom stereocenters. The molecular weight excluding hydrogens is 636 g/mol. The SMILES string of the molecule is CNC(=O)c1ccccc1Nc1nc(Nc2ccc3c(c2)N(C(C)=O)CCCO3)ncc1Cl.Nc1ccc2c(c1)N(CC=O)CCCO2. The first-order chi connectivity index (χ1) is 23.3. The van der Waals surface area contributed by atoms with Gasteiger partial charge in [0.15, 0.2) is 5.82 Å². The second-order valence-electron chi connectivity index (χ2n) is 10.9. The Morgan fingerprint density at radius 2 is 1.71 bits per heavy atom. The number of hydrogen-bond acceptors (Lipinski definition) is 11. The zero-order valence-electron chi connectivity index (χ0n) is 26.7. The molecule has 0 bridgehead atoms. The Hall–Kier alpha value is -5.56. The minimum absolute atomic E-state index is 0.0529. The Balaban J connectivity index is 0.000000250. The lowest BCUT2D eigenvalue weighted by Crippen LogP contribution is -2.28. The van der Waals surface area contributed by atoms with Gasteiger partial charge in [-0.3, -0.25) is 9.59 Å². The van der Waals surface area contributed by atoms with Crippen molar-refractivity contribution < 1.29 is 23.9 Å². The zero-order chi connectivity index (χ0) is 34.0. The number of carbonyl (C=O) groups excluding carboxylic acids is 3. The van der Waals surface area contributed by atoms with Crippen molar-refractivity contribution in [3.05, 3.63) is 77.4 Å². The van der Waals surface area contributed by atoms with E-state index in [2.05, 4.69) is 25.9 Å². The first kappa shape index (κ1) is 33.8. The van der Waals surface area contributed by atoms with Crippen molar-refractivity contribution in [2.45, 2.75) is 19.8 Å². The fraction of sp³-hybridized carbons (Fsp3) is 0.265. The van der Waals surface area contributed by atoms with Gasteiger partial charge in [0.2, 0.25) is 11.9 Å². The first-order valence-corrected chi connectivity index (χ1v) is 15.8. The lowest BCUT2D eigenvalue weighted by atomic mass is 10.1. The Kier molecular flexibility index (Phi) is 11.1. The number of benzene rings is 3. The van der Waals surface area contributed by atoms with Gasteiger partial charge < -0.3 is 45.8 Å². The fourth-order valence-corrected chi connectivity index (χ4v) is 5.36. The summed E-state index contributed by atoms with van der Waals surface area (Å²) in [6, 6.07) is 18.0. The maximum absolute atomic E-state index is 12.2. The molecule has 0 saturated carbocycles. The minimum atomic E-state index is -0.233. The van der Waals surface area contributed by atoms with E-state index in [0.717, 1.165) is 37.1 Å². The van der Waals surface area contributed by atoms with E-state index in [1.54, 1.807) is 30.1 Å². The van der Waals surface area contributed by atoms with Crippen LogP contribution >= 0.6 is 11.6 Å². The molecule has 2 aliphatic heterocycles. The van der Waals surface area contributed by atoms with Crippen LogP contribution in [0.2, 0.25) is 5.02 Å². The summed E-state index contributed by atoms with van der Waals surface area (Å²) in [5.74, 6) is 1.81. The van der Waals surface area contributed by atoms with E-state index in [4.69, 9.17) is 26.8 Å². The van der Waals surface area contributed by atoms with Gasteiger partial charge in [0.25, 0.3) is 5.91 Å². The van der Waals surface area contributed by atoms with Crippen molar-refractivity contribution in [2.24, 2.45) is 0 Å². The second-order valence-corrected chi connectivity index (χ2v) is 11.3. The Morgan fingerprint density at radius 3 is 2.46 bits per heavy atom. The van der Waals surface area contributed by atoms with Crippen LogP contribution in [0.3, 0.4) is 0 Å². The van der Waals surface area contributed by atoms with Gasteiger partial charge in [0, 0.05) is 38.4 Å². The molecule has 1 aromatic heterocycles. The number of nitrogens with one attached hydrogen (secondary N) is 3. The van der Waals surface area contributed by atoms with Crippen molar-refractivity contribution in [1.29, 1.82) is 0 Å². The van der Waals surface area contributed by atoms with Gasteiger partial charge in [-0.2, -0.15) is 4.98 Å². The molecule has 0 aliphatic carbocycles. The van der Waals surface area contributed by atoms with E-state index in [0.29, 0.717) is 77.2 Å². The number of nitrogens with zero attached hydrogens (tertiary/aromatic N) is 4. The number of amides is 2. The van der Waals surface area contributed by atoms with Gasteiger partial charge in [-0.1, -0.05) is 23.7 Å². The molecule has 13 nitrogen and oxygen atoms in total. The normalized spacial score (nSPS) is 13.5. The summed E-state index contributed by atoms with van der Waals surface area (Å²) in [5, 5.41) is 9.16. The summed E-state index contributed by atoms with van der Waals surface area (Å²) < 4.78 is 11.3. The third-order valence-electron chi connectivity index (χ3n) is 7.51. The van der Waals surface area contributed by atoms with Crippen LogP contribution < -0.4 is 41.0 Å². The molecule has 4 aromatic rings. The van der Waals surface area contributed by atoms with E-state index in [1.807, 2.05) is 47.4 Å². The summed E-state index contributed by atoms with van der Waals surface area (Å²) in [7, 11) is 1.57. The highest BCUT2D eigenvalue weighted by Gasteiger charge is 2.21. The molecular formula is C34H37ClN8O5. The monoisotopic (exact) mass is 672 g/mol. The number of aromatic nitrogens is 2. The summed E-state index contributed by atoms with van der Waals surface area (Å²) >= 11 is 6.31. The predicted octanol–water partition coefficient (Wildman–Crippen LogP) is 5.17. The molecule has 0 unspecified atom stereocenters. The number of aldehydes is 1. The van der Waals surface area contributed by atoms with Crippen LogP contribution in [0.5, 0.6) is 11.5 Å². The highest BCUT2D eigenvalue weighted by atomic mass is 35.5. The maximum Gasteiger partial charge on any atom is 0.253 e. The zero-order valence-corrected chi connectivity index (χ0v) is 27.4. The van der Waals surface area contributed by atoms with Crippen molar-refractivity contribution in [3.8, 4) is 11.5 Å². The van der Waals surface area contributed by atoms with Crippen LogP contribution in [0.4, 0.5) is 40.2 Å². The topological polar surface area (TPSA) is 164 Å². The van der Waals surface area contributed by atoms with Crippen molar-refractivity contribution in [2.75, 3.05) is 66.1 Å². The second kappa shape index (κ2) is 15.8. The number of anilines is 7. The number of nitrogen functional groups attached to an aromatic ring is 1. The molecule has 5 N–H and O–H groups in total. The number of ether oxygens (including phenoxy) is 2. The van der Waals surface area contributed by atoms with Crippen LogP contribution in [-0.4, -0.2) is 68.0 Å². The largest absolute Gasteiger partial charge is 0.491 e. The molecule has 0 saturated heterocycles. The van der Waals surface area contributed by atoms with Crippen LogP contribution in [0.25, 0.3) is 0 Å². The number of halogens is 1. The van der Waals surface area contributed by atoms with E-state index in [-0.39, 0.29) is 11.8 Å². The van der Waals surface area contributed by atoms with Gasteiger partial charge >= 0.3 is 0 Å². The number of hydrogen-bond donors (Lipinski definition) is 4. The van der Waals surface area contributed by atoms with Crippen LogP contribution in [-0.2, 0) is 9.59 Å². The van der Waals surface area contributed by atoms with E-state index < -0.39 is 0 Å². The number of rotatable bonds is 7. The highest BCUT2D eigenvalue weighted by molar-refractivity contribution is 6.33. The maximum atomic E-state index is 12.2. The molecule has 3 aromatic carbocycles. The van der Waals surface area contributed by atoms with Gasteiger partial charge in [0.1, 0.15) is 22.8 Å². The van der Waals surface area contributed by atoms with Gasteiger partial charge in [-0.15, -0.1) is 0 Å². The van der Waals surface area contributed by atoms with E-state index in [9.17, 15) is 14.4 Å².